The Balaban J connectivity index is 2.41. The zero-order valence-corrected chi connectivity index (χ0v) is 10.7. The van der Waals surface area contributed by atoms with Gasteiger partial charge in [0.1, 0.15) is 0 Å². The maximum atomic E-state index is 4.31. The van der Waals surface area contributed by atoms with E-state index >= 15 is 0 Å². The standard InChI is InChI=1S/C14H19N3/c1-4-15-9-12-7-5-6-8-13(12)14-10-16-17(3)11(14)2/h5-8,10,15H,4,9H2,1-3H3. The lowest BCUT2D eigenvalue weighted by Gasteiger charge is -2.09. The molecular weight excluding hydrogens is 210 g/mol. The number of hydrogen-bond donors (Lipinski definition) is 1. The Morgan fingerprint density at radius 3 is 2.65 bits per heavy atom. The quantitative estimate of drug-likeness (QED) is 0.873. The molecule has 1 aromatic heterocycles. The molecule has 0 atom stereocenters. The number of nitrogens with zero attached hydrogens (tertiary/aromatic N) is 2. The summed E-state index contributed by atoms with van der Waals surface area (Å²) < 4.78 is 1.92. The fourth-order valence-electron chi connectivity index (χ4n) is 1.96. The van der Waals surface area contributed by atoms with Gasteiger partial charge in [-0.3, -0.25) is 4.68 Å². The zero-order chi connectivity index (χ0) is 12.3. The molecule has 0 amide bonds. The lowest BCUT2D eigenvalue weighted by molar-refractivity contribution is 0.727. The van der Waals surface area contributed by atoms with Gasteiger partial charge in [-0.1, -0.05) is 31.2 Å². The Labute approximate surface area is 102 Å². The number of nitrogens with one attached hydrogen (secondary N) is 1. The van der Waals surface area contributed by atoms with Crippen LogP contribution in [0.2, 0.25) is 0 Å². The highest BCUT2D eigenvalue weighted by Crippen LogP contribution is 2.26. The summed E-state index contributed by atoms with van der Waals surface area (Å²) >= 11 is 0. The molecule has 1 N–H and O–H groups in total. The molecule has 90 valence electrons. The van der Waals surface area contributed by atoms with Crippen molar-refractivity contribution in [3.63, 3.8) is 0 Å². The van der Waals surface area contributed by atoms with E-state index in [4.69, 9.17) is 0 Å². The first-order chi connectivity index (χ1) is 8.24. The summed E-state index contributed by atoms with van der Waals surface area (Å²) in [6.07, 6.45) is 1.94. The maximum absolute atomic E-state index is 4.31. The summed E-state index contributed by atoms with van der Waals surface area (Å²) in [6, 6.07) is 8.50. The van der Waals surface area contributed by atoms with Crippen LogP contribution >= 0.6 is 0 Å². The average Bonchev–Trinajstić information content (AvgIpc) is 2.68. The summed E-state index contributed by atoms with van der Waals surface area (Å²) in [5.41, 5.74) is 5.03. The number of hydrogen-bond acceptors (Lipinski definition) is 2. The number of benzene rings is 1. The van der Waals surface area contributed by atoms with E-state index in [-0.39, 0.29) is 0 Å². The topological polar surface area (TPSA) is 29.9 Å². The second kappa shape index (κ2) is 5.15. The van der Waals surface area contributed by atoms with Crippen molar-refractivity contribution in [2.45, 2.75) is 20.4 Å². The summed E-state index contributed by atoms with van der Waals surface area (Å²) in [4.78, 5) is 0. The van der Waals surface area contributed by atoms with Gasteiger partial charge in [0.05, 0.1) is 6.20 Å². The lowest BCUT2D eigenvalue weighted by atomic mass is 10.0. The summed E-state index contributed by atoms with van der Waals surface area (Å²) in [7, 11) is 1.98. The highest BCUT2D eigenvalue weighted by atomic mass is 15.3. The van der Waals surface area contributed by atoms with Gasteiger partial charge < -0.3 is 5.32 Å². The van der Waals surface area contributed by atoms with Crippen molar-refractivity contribution in [2.24, 2.45) is 7.05 Å². The zero-order valence-electron chi connectivity index (χ0n) is 10.7. The minimum atomic E-state index is 0.904. The third kappa shape index (κ3) is 2.39. The molecule has 1 heterocycles. The molecular formula is C14H19N3. The van der Waals surface area contributed by atoms with Crippen molar-refractivity contribution in [1.82, 2.24) is 15.1 Å². The Morgan fingerprint density at radius 2 is 2.00 bits per heavy atom. The monoisotopic (exact) mass is 229 g/mol. The van der Waals surface area contributed by atoms with Crippen LogP contribution in [0.15, 0.2) is 30.5 Å². The molecule has 2 rings (SSSR count). The molecule has 0 unspecified atom stereocenters. The van der Waals surface area contributed by atoms with Gasteiger partial charge in [0, 0.05) is 24.8 Å². The Bertz CT molecular complexity index is 500. The van der Waals surface area contributed by atoms with E-state index in [2.05, 4.69) is 48.5 Å². The first kappa shape index (κ1) is 11.9. The molecule has 1 aromatic carbocycles. The summed E-state index contributed by atoms with van der Waals surface area (Å²) in [6.45, 7) is 6.12. The Kier molecular flexibility index (Phi) is 3.59. The molecule has 0 saturated carbocycles. The van der Waals surface area contributed by atoms with Gasteiger partial charge in [-0.25, -0.2) is 0 Å². The highest BCUT2D eigenvalue weighted by molar-refractivity contribution is 5.68. The van der Waals surface area contributed by atoms with Crippen molar-refractivity contribution in [1.29, 1.82) is 0 Å². The highest BCUT2D eigenvalue weighted by Gasteiger charge is 2.09. The van der Waals surface area contributed by atoms with Crippen LogP contribution in [-0.2, 0) is 13.6 Å². The fraction of sp³-hybridized carbons (Fsp3) is 0.357. The third-order valence-corrected chi connectivity index (χ3v) is 3.11. The van der Waals surface area contributed by atoms with Crippen LogP contribution in [0.25, 0.3) is 11.1 Å². The molecule has 2 aromatic rings. The van der Waals surface area contributed by atoms with E-state index < -0.39 is 0 Å². The Morgan fingerprint density at radius 1 is 1.24 bits per heavy atom. The molecule has 0 radical (unpaired) electrons. The number of aryl methyl sites for hydroxylation is 1. The van der Waals surface area contributed by atoms with Gasteiger partial charge in [0.2, 0.25) is 0 Å². The molecule has 17 heavy (non-hydrogen) atoms. The second-order valence-corrected chi connectivity index (χ2v) is 4.20. The minimum Gasteiger partial charge on any atom is -0.313 e. The predicted octanol–water partition coefficient (Wildman–Crippen LogP) is 2.51. The van der Waals surface area contributed by atoms with Crippen molar-refractivity contribution in [3.05, 3.63) is 41.7 Å². The summed E-state index contributed by atoms with van der Waals surface area (Å²) in [5, 5.41) is 7.68. The van der Waals surface area contributed by atoms with E-state index in [1.165, 1.54) is 22.4 Å². The van der Waals surface area contributed by atoms with E-state index in [9.17, 15) is 0 Å². The average molecular weight is 229 g/mol. The predicted molar refractivity (Wildman–Crippen MR) is 70.8 cm³/mol. The summed E-state index contributed by atoms with van der Waals surface area (Å²) in [5.74, 6) is 0. The van der Waals surface area contributed by atoms with Crippen LogP contribution in [0.4, 0.5) is 0 Å². The third-order valence-electron chi connectivity index (χ3n) is 3.11. The fourth-order valence-corrected chi connectivity index (χ4v) is 1.96. The van der Waals surface area contributed by atoms with Crippen molar-refractivity contribution >= 4 is 0 Å². The molecule has 0 aliphatic rings. The normalized spacial score (nSPS) is 10.8. The van der Waals surface area contributed by atoms with Gasteiger partial charge in [-0.05, 0) is 24.6 Å². The van der Waals surface area contributed by atoms with E-state index in [1.807, 2.05) is 17.9 Å². The van der Waals surface area contributed by atoms with Crippen LogP contribution in [0.1, 0.15) is 18.2 Å². The van der Waals surface area contributed by atoms with Crippen molar-refractivity contribution in [3.8, 4) is 11.1 Å². The molecule has 0 aliphatic heterocycles. The number of aromatic nitrogens is 2. The largest absolute Gasteiger partial charge is 0.313 e. The van der Waals surface area contributed by atoms with Crippen LogP contribution in [-0.4, -0.2) is 16.3 Å². The van der Waals surface area contributed by atoms with Gasteiger partial charge in [0.15, 0.2) is 0 Å². The van der Waals surface area contributed by atoms with Crippen LogP contribution < -0.4 is 5.32 Å². The smallest absolute Gasteiger partial charge is 0.0571 e. The molecule has 0 bridgehead atoms. The van der Waals surface area contributed by atoms with Crippen LogP contribution in [0, 0.1) is 6.92 Å². The molecule has 3 heteroatoms. The SMILES string of the molecule is CCNCc1ccccc1-c1cnn(C)c1C. The molecule has 0 fully saturated rings. The first-order valence-electron chi connectivity index (χ1n) is 6.01. The van der Waals surface area contributed by atoms with E-state index in [0.717, 1.165) is 13.1 Å². The molecule has 3 nitrogen and oxygen atoms in total. The van der Waals surface area contributed by atoms with Crippen molar-refractivity contribution in [2.75, 3.05) is 6.54 Å². The maximum Gasteiger partial charge on any atom is 0.0571 e. The van der Waals surface area contributed by atoms with Gasteiger partial charge >= 0.3 is 0 Å². The molecule has 0 spiro atoms. The number of rotatable bonds is 4. The van der Waals surface area contributed by atoms with E-state index in [1.54, 1.807) is 0 Å². The minimum absolute atomic E-state index is 0.904. The van der Waals surface area contributed by atoms with Crippen LogP contribution in [0.5, 0.6) is 0 Å². The van der Waals surface area contributed by atoms with Gasteiger partial charge in [0.25, 0.3) is 0 Å². The van der Waals surface area contributed by atoms with E-state index in [0.29, 0.717) is 0 Å². The Hall–Kier alpha value is -1.61. The molecule has 0 saturated heterocycles. The molecule has 0 aliphatic carbocycles. The first-order valence-corrected chi connectivity index (χ1v) is 6.01. The lowest BCUT2D eigenvalue weighted by Crippen LogP contribution is -2.12. The van der Waals surface area contributed by atoms with Crippen LogP contribution in [0.3, 0.4) is 0 Å². The van der Waals surface area contributed by atoms with Gasteiger partial charge in [-0.15, -0.1) is 0 Å². The van der Waals surface area contributed by atoms with Gasteiger partial charge in [-0.2, -0.15) is 5.10 Å². The van der Waals surface area contributed by atoms with Crippen molar-refractivity contribution < 1.29 is 0 Å². The second-order valence-electron chi connectivity index (χ2n) is 4.20.